The number of nitro benzene ring substituents is 1. The molecule has 0 unspecified atom stereocenters. The van der Waals surface area contributed by atoms with Crippen LogP contribution in [0.3, 0.4) is 0 Å². The summed E-state index contributed by atoms with van der Waals surface area (Å²) in [5, 5.41) is 23.2. The monoisotopic (exact) mass is 327 g/mol. The summed E-state index contributed by atoms with van der Waals surface area (Å²) in [6.45, 7) is 3.75. The number of nitro groups is 1. The van der Waals surface area contributed by atoms with Crippen molar-refractivity contribution in [3.05, 3.63) is 45.0 Å². The van der Waals surface area contributed by atoms with Crippen LogP contribution in [0.15, 0.2) is 23.8 Å². The second-order valence-corrected chi connectivity index (χ2v) is 6.31. The van der Waals surface area contributed by atoms with Crippen LogP contribution >= 0.6 is 0 Å². The fourth-order valence-electron chi connectivity index (χ4n) is 3.00. The molecule has 0 aromatic heterocycles. The summed E-state index contributed by atoms with van der Waals surface area (Å²) in [5.74, 6) is -0.0254. The number of carbonyl (C=O) groups excluding carboxylic acids is 1. The van der Waals surface area contributed by atoms with Crippen LogP contribution in [-0.2, 0) is 4.79 Å². The van der Waals surface area contributed by atoms with Gasteiger partial charge in [-0.3, -0.25) is 14.9 Å². The zero-order valence-electron chi connectivity index (χ0n) is 13.9. The molecule has 0 saturated heterocycles. The third-order valence-corrected chi connectivity index (χ3v) is 4.53. The minimum atomic E-state index is -0.470. The van der Waals surface area contributed by atoms with Crippen molar-refractivity contribution < 1.29 is 9.72 Å². The lowest BCUT2D eigenvalue weighted by Gasteiger charge is -2.29. The first-order chi connectivity index (χ1) is 11.4. The minimum absolute atomic E-state index is 0.0256. The third kappa shape index (κ3) is 4.19. The van der Waals surface area contributed by atoms with Crippen LogP contribution in [0.25, 0.3) is 6.08 Å². The van der Waals surface area contributed by atoms with Gasteiger partial charge >= 0.3 is 0 Å². The molecule has 0 heterocycles. The molecule has 2 atom stereocenters. The molecular weight excluding hydrogens is 306 g/mol. The van der Waals surface area contributed by atoms with Crippen molar-refractivity contribution in [2.75, 3.05) is 0 Å². The normalized spacial score (nSPS) is 21.0. The Bertz CT molecular complexity index is 719. The van der Waals surface area contributed by atoms with E-state index in [1.165, 1.54) is 18.6 Å². The molecule has 1 fully saturated rings. The lowest BCUT2D eigenvalue weighted by atomic mass is 9.86. The molecule has 24 heavy (non-hydrogen) atoms. The van der Waals surface area contributed by atoms with E-state index in [1.54, 1.807) is 19.1 Å². The van der Waals surface area contributed by atoms with Crippen molar-refractivity contribution in [2.24, 2.45) is 5.92 Å². The molecule has 1 aliphatic rings. The predicted octanol–water partition coefficient (Wildman–Crippen LogP) is 3.51. The molecule has 0 radical (unpaired) electrons. The van der Waals surface area contributed by atoms with Crippen molar-refractivity contribution in [3.63, 3.8) is 0 Å². The van der Waals surface area contributed by atoms with E-state index >= 15 is 0 Å². The first kappa shape index (κ1) is 17.7. The molecule has 2 rings (SSSR count). The zero-order chi connectivity index (χ0) is 17.7. The first-order valence-electron chi connectivity index (χ1n) is 8.10. The average Bonchev–Trinajstić information content (AvgIpc) is 2.55. The summed E-state index contributed by atoms with van der Waals surface area (Å²) in [6, 6.07) is 6.63. The maximum Gasteiger partial charge on any atom is 0.272 e. The number of nitriles is 1. The summed E-state index contributed by atoms with van der Waals surface area (Å²) in [7, 11) is 0. The van der Waals surface area contributed by atoms with Gasteiger partial charge < -0.3 is 5.32 Å². The lowest BCUT2D eigenvalue weighted by Crippen LogP contribution is -2.41. The Kier molecular flexibility index (Phi) is 5.69. The van der Waals surface area contributed by atoms with Gasteiger partial charge in [-0.2, -0.15) is 5.26 Å². The molecule has 0 aliphatic heterocycles. The highest BCUT2D eigenvalue weighted by Crippen LogP contribution is 2.24. The van der Waals surface area contributed by atoms with Crippen molar-refractivity contribution in [1.29, 1.82) is 5.26 Å². The fourth-order valence-corrected chi connectivity index (χ4v) is 3.00. The maximum atomic E-state index is 12.3. The summed E-state index contributed by atoms with van der Waals surface area (Å²) in [6.07, 6.45) is 5.63. The van der Waals surface area contributed by atoms with Crippen LogP contribution in [0.1, 0.15) is 43.7 Å². The highest BCUT2D eigenvalue weighted by molar-refractivity contribution is 6.01. The Morgan fingerprint density at radius 3 is 2.75 bits per heavy atom. The number of hydrogen-bond donors (Lipinski definition) is 1. The molecule has 6 nitrogen and oxygen atoms in total. The van der Waals surface area contributed by atoms with Crippen molar-refractivity contribution >= 4 is 17.7 Å². The quantitative estimate of drug-likeness (QED) is 0.396. The Hall–Kier alpha value is -2.68. The van der Waals surface area contributed by atoms with E-state index < -0.39 is 10.8 Å². The molecule has 1 aromatic rings. The van der Waals surface area contributed by atoms with E-state index in [1.807, 2.05) is 6.07 Å². The maximum absolute atomic E-state index is 12.3. The second kappa shape index (κ2) is 7.73. The molecule has 0 spiro atoms. The van der Waals surface area contributed by atoms with Crippen molar-refractivity contribution in [1.82, 2.24) is 5.32 Å². The molecule has 1 aliphatic carbocycles. The molecule has 1 aromatic carbocycles. The van der Waals surface area contributed by atoms with Crippen LogP contribution in [0.5, 0.6) is 0 Å². The van der Waals surface area contributed by atoms with Gasteiger partial charge in [0.25, 0.3) is 11.6 Å². The molecule has 1 N–H and O–H groups in total. The number of hydrogen-bond acceptors (Lipinski definition) is 4. The Balaban J connectivity index is 2.19. The number of benzene rings is 1. The summed E-state index contributed by atoms with van der Waals surface area (Å²) >= 11 is 0. The number of rotatable bonds is 4. The third-order valence-electron chi connectivity index (χ3n) is 4.53. The predicted molar refractivity (Wildman–Crippen MR) is 91.0 cm³/mol. The van der Waals surface area contributed by atoms with Gasteiger partial charge in [0.15, 0.2) is 0 Å². The summed E-state index contributed by atoms with van der Waals surface area (Å²) < 4.78 is 0. The number of aryl methyl sites for hydroxylation is 1. The van der Waals surface area contributed by atoms with Crippen LogP contribution in [0, 0.1) is 34.3 Å². The SMILES string of the molecule is Cc1ccc(/C=C(\C#N)C(=O)N[C@H]2CCCC[C@H]2C)cc1[N+](=O)[O-]. The number of nitrogens with zero attached hydrogens (tertiary/aromatic N) is 2. The number of carbonyl (C=O) groups is 1. The highest BCUT2D eigenvalue weighted by atomic mass is 16.6. The van der Waals surface area contributed by atoms with Gasteiger partial charge in [0.2, 0.25) is 0 Å². The molecule has 1 saturated carbocycles. The molecule has 1 amide bonds. The van der Waals surface area contributed by atoms with Crippen LogP contribution < -0.4 is 5.32 Å². The van der Waals surface area contributed by atoms with Crippen LogP contribution in [0.2, 0.25) is 0 Å². The second-order valence-electron chi connectivity index (χ2n) is 6.31. The molecular formula is C18H21N3O3. The smallest absolute Gasteiger partial charge is 0.272 e. The fraction of sp³-hybridized carbons (Fsp3) is 0.444. The Morgan fingerprint density at radius 1 is 1.42 bits per heavy atom. The molecule has 126 valence electrons. The minimum Gasteiger partial charge on any atom is -0.348 e. The molecule has 0 bridgehead atoms. The highest BCUT2D eigenvalue weighted by Gasteiger charge is 2.24. The van der Waals surface area contributed by atoms with Gasteiger partial charge in [0.05, 0.1) is 4.92 Å². The van der Waals surface area contributed by atoms with Gasteiger partial charge in [-0.25, -0.2) is 0 Å². The van der Waals surface area contributed by atoms with E-state index in [0.717, 1.165) is 19.3 Å². The van der Waals surface area contributed by atoms with Crippen molar-refractivity contribution in [3.8, 4) is 6.07 Å². The van der Waals surface area contributed by atoms with E-state index in [9.17, 15) is 20.2 Å². The van der Waals surface area contributed by atoms with Gasteiger partial charge in [0, 0.05) is 17.7 Å². The average molecular weight is 327 g/mol. The van der Waals surface area contributed by atoms with Gasteiger partial charge in [-0.15, -0.1) is 0 Å². The summed E-state index contributed by atoms with van der Waals surface area (Å²) in [4.78, 5) is 22.9. The van der Waals surface area contributed by atoms with Gasteiger partial charge in [-0.1, -0.05) is 31.9 Å². The first-order valence-corrected chi connectivity index (χ1v) is 8.10. The van der Waals surface area contributed by atoms with Crippen LogP contribution in [0.4, 0.5) is 5.69 Å². The van der Waals surface area contributed by atoms with E-state index in [0.29, 0.717) is 17.0 Å². The van der Waals surface area contributed by atoms with E-state index in [2.05, 4.69) is 12.2 Å². The zero-order valence-corrected chi connectivity index (χ0v) is 13.9. The number of nitrogens with one attached hydrogen (secondary N) is 1. The van der Waals surface area contributed by atoms with E-state index in [-0.39, 0.29) is 17.3 Å². The molecule has 6 heteroatoms. The van der Waals surface area contributed by atoms with E-state index in [4.69, 9.17) is 0 Å². The van der Waals surface area contributed by atoms with Gasteiger partial charge in [-0.05, 0) is 37.3 Å². The largest absolute Gasteiger partial charge is 0.348 e. The lowest BCUT2D eigenvalue weighted by molar-refractivity contribution is -0.385. The Labute approximate surface area is 141 Å². The topological polar surface area (TPSA) is 96.0 Å². The standard InChI is InChI=1S/C18H21N3O3/c1-12-5-3-4-6-16(12)20-18(22)15(11-19)9-14-8-7-13(2)17(10-14)21(23)24/h7-10,12,16H,3-6H2,1-2H3,(H,20,22)/b15-9+/t12-,16+/m1/s1. The van der Waals surface area contributed by atoms with Gasteiger partial charge in [0.1, 0.15) is 11.6 Å². The Morgan fingerprint density at radius 2 is 2.12 bits per heavy atom. The number of amides is 1. The van der Waals surface area contributed by atoms with Crippen LogP contribution in [-0.4, -0.2) is 16.9 Å². The summed E-state index contributed by atoms with van der Waals surface area (Å²) in [5.41, 5.74) is 0.945. The van der Waals surface area contributed by atoms with Crippen molar-refractivity contribution in [2.45, 2.75) is 45.6 Å².